The number of hydrogen-bond donors (Lipinski definition) is 0. The van der Waals surface area contributed by atoms with Crippen molar-refractivity contribution in [2.24, 2.45) is 0 Å². The Morgan fingerprint density at radius 2 is 1.50 bits per heavy atom. The monoisotopic (exact) mass is 442 g/mol. The van der Waals surface area contributed by atoms with E-state index in [-0.39, 0.29) is -0.565 Å². The van der Waals surface area contributed by atoms with Crippen LogP contribution in [0.15, 0.2) is 0 Å². The Morgan fingerprint density at radius 1 is 1.33 bits per heavy atom. The summed E-state index contributed by atoms with van der Waals surface area (Å²) in [6.45, 7) is 0. The molecule has 0 rings (SSSR count). The van der Waals surface area contributed by atoms with Crippen molar-refractivity contribution >= 4 is 79.4 Å². The van der Waals surface area contributed by atoms with Gasteiger partial charge in [0.25, 0.3) is 0 Å². The summed E-state index contributed by atoms with van der Waals surface area (Å²) < 4.78 is 0.217. The van der Waals surface area contributed by atoms with Crippen molar-refractivity contribution in [2.45, 2.75) is -0.565 Å². The predicted octanol–water partition coefficient (Wildman–Crippen LogP) is 3.18. The second kappa shape index (κ2) is 3.49. The highest BCUT2D eigenvalue weighted by Gasteiger charge is 2.13. The Labute approximate surface area is 83.2 Å². The van der Waals surface area contributed by atoms with Gasteiger partial charge in [0.1, 0.15) is -0.565 Å². The quantitative estimate of drug-likeness (QED) is 0.433. The number of hydrogen-bond acceptors (Lipinski definition) is 0. The predicted molar refractivity (Wildman–Crippen MR) is 55.5 cm³/mol. The van der Waals surface area contributed by atoms with E-state index >= 15 is 0 Å². The Kier molecular flexibility index (Phi) is 4.94. The molecule has 0 aliphatic rings. The summed E-state index contributed by atoms with van der Waals surface area (Å²) in [6, 6.07) is 0. The van der Waals surface area contributed by atoms with Gasteiger partial charge in [-0.15, -0.1) is 11.6 Å². The van der Waals surface area contributed by atoms with Crippen molar-refractivity contribution in [1.82, 2.24) is 0 Å². The highest BCUT2D eigenvalue weighted by molar-refractivity contribution is 14.3. The van der Waals surface area contributed by atoms with Crippen LogP contribution in [-0.2, 0) is 0 Å². The summed E-state index contributed by atoms with van der Waals surface area (Å²) in [7, 11) is 0. The Bertz CT molecular complexity index is 38.5. The van der Waals surface area contributed by atoms with Gasteiger partial charge in [0.15, 0.2) is 0 Å². The molecule has 0 saturated heterocycles. The lowest BCUT2D eigenvalue weighted by Gasteiger charge is -2.03. The van der Waals surface area contributed by atoms with Gasteiger partial charge >= 0.3 is 0 Å². The molecule has 0 aromatic carbocycles. The van der Waals surface area contributed by atoms with E-state index in [1.807, 2.05) is 0 Å². The van der Waals surface area contributed by atoms with E-state index in [4.69, 9.17) is 11.6 Å². The highest BCUT2D eigenvalue weighted by Crippen LogP contribution is 2.35. The summed E-state index contributed by atoms with van der Waals surface area (Å²) in [5.74, 6) is 0.703. The van der Waals surface area contributed by atoms with Gasteiger partial charge in [-0.3, -0.25) is 0 Å². The van der Waals surface area contributed by atoms with Gasteiger partial charge in [0.2, 0.25) is 0 Å². The molecule has 0 saturated carbocycles. The van der Waals surface area contributed by atoms with E-state index in [0.29, 0.717) is 5.88 Å². The van der Waals surface area contributed by atoms with Crippen LogP contribution >= 0.6 is 79.4 Å². The van der Waals surface area contributed by atoms with E-state index in [2.05, 4.69) is 67.8 Å². The van der Waals surface area contributed by atoms with Gasteiger partial charge in [-0.2, -0.15) is 0 Å². The van der Waals surface area contributed by atoms with E-state index in [0.717, 1.165) is 0 Å². The molecule has 4 heteroatoms. The third kappa shape index (κ3) is 6.48. The summed E-state index contributed by atoms with van der Waals surface area (Å²) in [6.07, 6.45) is 0. The highest BCUT2D eigenvalue weighted by atomic mass is 127. The number of rotatable bonds is 1. The van der Waals surface area contributed by atoms with E-state index in [1.165, 1.54) is 0 Å². The molecule has 0 aliphatic carbocycles. The maximum Gasteiger partial charge on any atom is 0.137 e. The summed E-state index contributed by atoms with van der Waals surface area (Å²) in [5, 5.41) is 0. The molecule has 0 radical (unpaired) electrons. The zero-order valence-electron chi connectivity index (χ0n) is 2.72. The van der Waals surface area contributed by atoms with Crippen LogP contribution in [-0.4, -0.2) is 5.32 Å². The lowest BCUT2D eigenvalue weighted by Crippen LogP contribution is -1.97. The first-order chi connectivity index (χ1) is 2.56. The average molecular weight is 442 g/mol. The molecule has 0 aliphatic heterocycles. The molecule has 0 nitrogen and oxygen atoms in total. The minimum Gasteiger partial charge on any atom is -0.124 e. The fourth-order valence-electron chi connectivity index (χ4n) is 0. The second-order valence-electron chi connectivity index (χ2n) is 0.749. The maximum absolute atomic E-state index is 5.46. The van der Waals surface area contributed by atoms with Crippen LogP contribution in [0.2, 0.25) is 0 Å². The van der Waals surface area contributed by atoms with Crippen LogP contribution in [0.3, 0.4) is 0 Å². The molecule has 0 spiro atoms. The molecule has 0 bridgehead atoms. The third-order valence-corrected chi connectivity index (χ3v) is 3.05. The minimum absolute atomic E-state index is 0.217. The molecule has 0 atom stereocenters. The fourth-order valence-corrected chi connectivity index (χ4v) is 0. The molecule has 0 fully saturated rings. The van der Waals surface area contributed by atoms with Crippen molar-refractivity contribution in [3.63, 3.8) is 0 Å². The minimum atomic E-state index is 0.217. The van der Waals surface area contributed by atoms with Crippen LogP contribution in [0, 0.1) is 0 Å². The van der Waals surface area contributed by atoms with Crippen molar-refractivity contribution in [2.75, 3.05) is 5.88 Å². The summed E-state index contributed by atoms with van der Waals surface area (Å²) in [5.41, 5.74) is 0. The summed E-state index contributed by atoms with van der Waals surface area (Å²) >= 11 is 12.3. The van der Waals surface area contributed by atoms with Gasteiger partial charge in [0, 0.05) is 0 Å². The first kappa shape index (κ1) is 8.48. The number of alkyl halides is 4. The fraction of sp³-hybridized carbons (Fsp3) is 1.00. The molecular formula is C2H2ClI3. The molecule has 0 amide bonds. The Balaban J connectivity index is 3.17. The molecule has 0 N–H and O–H groups in total. The lowest BCUT2D eigenvalue weighted by atomic mass is 11.0. The van der Waals surface area contributed by atoms with Crippen LogP contribution < -0.4 is 0 Å². The summed E-state index contributed by atoms with van der Waals surface area (Å²) in [4.78, 5) is 0. The molecule has 0 aromatic rings. The van der Waals surface area contributed by atoms with E-state index in [9.17, 15) is 0 Å². The molecular weight excluding hydrogens is 440 g/mol. The van der Waals surface area contributed by atoms with E-state index < -0.39 is 0 Å². The first-order valence-electron chi connectivity index (χ1n) is 1.19. The van der Waals surface area contributed by atoms with Gasteiger partial charge in [-0.25, -0.2) is 0 Å². The zero-order valence-corrected chi connectivity index (χ0v) is 9.95. The van der Waals surface area contributed by atoms with Gasteiger partial charge in [-0.05, 0) is 0 Å². The normalized spacial score (nSPS) is 12.0. The van der Waals surface area contributed by atoms with Crippen LogP contribution in [0.5, 0.6) is 0 Å². The topological polar surface area (TPSA) is 0 Å². The Morgan fingerprint density at radius 3 is 1.50 bits per heavy atom. The van der Waals surface area contributed by atoms with E-state index in [1.54, 1.807) is 0 Å². The van der Waals surface area contributed by atoms with Crippen molar-refractivity contribution in [1.29, 1.82) is 0 Å². The largest absolute Gasteiger partial charge is 0.137 e. The van der Waals surface area contributed by atoms with Crippen molar-refractivity contribution in [3.05, 3.63) is 0 Å². The smallest absolute Gasteiger partial charge is 0.124 e. The molecule has 6 heavy (non-hydrogen) atoms. The molecule has 38 valence electrons. The average Bonchev–Trinajstić information content (AvgIpc) is 1.35. The third-order valence-electron chi connectivity index (χ3n) is 0.152. The SMILES string of the molecule is ClCC(I)(I)I. The van der Waals surface area contributed by atoms with Crippen molar-refractivity contribution < 1.29 is 0 Å². The maximum atomic E-state index is 5.46. The van der Waals surface area contributed by atoms with Gasteiger partial charge in [0.05, 0.1) is 5.88 Å². The van der Waals surface area contributed by atoms with Crippen LogP contribution in [0.1, 0.15) is 0 Å². The molecule has 0 unspecified atom stereocenters. The molecule has 0 aromatic heterocycles. The molecule has 0 heterocycles. The van der Waals surface area contributed by atoms with Crippen LogP contribution in [0.4, 0.5) is 0 Å². The van der Waals surface area contributed by atoms with Crippen LogP contribution in [0.25, 0.3) is 0 Å². The van der Waals surface area contributed by atoms with Gasteiger partial charge in [-0.1, -0.05) is 67.8 Å². The first-order valence-corrected chi connectivity index (χ1v) is 4.96. The van der Waals surface area contributed by atoms with Gasteiger partial charge < -0.3 is 0 Å². The van der Waals surface area contributed by atoms with Crippen molar-refractivity contribution in [3.8, 4) is 0 Å². The number of halogens is 4. The zero-order chi connectivity index (χ0) is 5.21. The standard InChI is InChI=1S/C2H2ClI3/c3-1-2(4,5)6/h1H2. The second-order valence-corrected chi connectivity index (χ2v) is 12.7. The lowest BCUT2D eigenvalue weighted by molar-refractivity contribution is 1.51. The Hall–Kier alpha value is 2.48.